The molecule has 5 heterocycles. The Morgan fingerprint density at radius 3 is 2.72 bits per heavy atom. The van der Waals surface area contributed by atoms with Gasteiger partial charge in [-0.1, -0.05) is 12.1 Å². The van der Waals surface area contributed by atoms with Crippen LogP contribution in [0.15, 0.2) is 45.7 Å². The smallest absolute Gasteiger partial charge is 0.349 e. The molecular formula is C31H32F2N6O4. The van der Waals surface area contributed by atoms with Crippen LogP contribution in [0.2, 0.25) is 0 Å². The number of aromatic hydroxyl groups is 1. The van der Waals surface area contributed by atoms with E-state index in [1.165, 1.54) is 38.2 Å². The summed E-state index contributed by atoms with van der Waals surface area (Å²) in [5.74, 6) is 0.300. The second-order valence-corrected chi connectivity index (χ2v) is 11.0. The number of aryl methyl sites for hydroxylation is 3. The Hall–Kier alpha value is -4.58. The molecule has 7 rings (SSSR count). The van der Waals surface area contributed by atoms with Gasteiger partial charge in [0.05, 0.1) is 18.8 Å². The summed E-state index contributed by atoms with van der Waals surface area (Å²) in [6.45, 7) is 5.42. The van der Waals surface area contributed by atoms with Crippen LogP contribution in [-0.4, -0.2) is 62.2 Å². The number of rotatable bonds is 4. The standard InChI is InChI=1S/C24H20FN5O4.C7H12FN/c1-11-10-26-30(3)22(11)28-21-18-19(27-24(29-21)33-4)12(2)20(34-23(18)32)15-9-14(31)8-13-6-5-7-16(25)17(13)15;8-6-4-7-2-1-3-9(7)5-6/h5-10,31H,1-4H3,(H,27,28,29);6-7H,1-5H2. The van der Waals surface area contributed by atoms with E-state index < -0.39 is 17.6 Å². The molecule has 2 saturated heterocycles. The molecule has 0 bridgehead atoms. The van der Waals surface area contributed by atoms with E-state index >= 15 is 0 Å². The number of aromatic nitrogens is 4. The van der Waals surface area contributed by atoms with Crippen LogP contribution in [0, 0.1) is 19.7 Å². The highest BCUT2D eigenvalue weighted by molar-refractivity contribution is 6.01. The highest BCUT2D eigenvalue weighted by Crippen LogP contribution is 2.38. The van der Waals surface area contributed by atoms with Gasteiger partial charge in [-0.25, -0.2) is 13.6 Å². The molecule has 12 heteroatoms. The molecule has 0 saturated carbocycles. The van der Waals surface area contributed by atoms with Crippen LogP contribution < -0.4 is 15.7 Å². The van der Waals surface area contributed by atoms with Gasteiger partial charge in [0.1, 0.15) is 34.7 Å². The monoisotopic (exact) mass is 590 g/mol. The quantitative estimate of drug-likeness (QED) is 0.278. The van der Waals surface area contributed by atoms with Crippen molar-refractivity contribution >= 4 is 33.3 Å². The van der Waals surface area contributed by atoms with Crippen molar-refractivity contribution in [2.75, 3.05) is 25.5 Å². The fourth-order valence-corrected chi connectivity index (χ4v) is 6.08. The third-order valence-corrected chi connectivity index (χ3v) is 8.14. The highest BCUT2D eigenvalue weighted by atomic mass is 19.1. The summed E-state index contributed by atoms with van der Waals surface area (Å²) in [6, 6.07) is 7.96. The number of alkyl halides is 1. The van der Waals surface area contributed by atoms with Gasteiger partial charge in [0.2, 0.25) is 0 Å². The molecule has 2 unspecified atom stereocenters. The van der Waals surface area contributed by atoms with Gasteiger partial charge >= 0.3 is 11.6 Å². The zero-order chi connectivity index (χ0) is 30.4. The van der Waals surface area contributed by atoms with Crippen molar-refractivity contribution in [2.24, 2.45) is 7.05 Å². The Bertz CT molecular complexity index is 1870. The lowest BCUT2D eigenvalue weighted by Crippen LogP contribution is -2.22. The summed E-state index contributed by atoms with van der Waals surface area (Å²) < 4.78 is 40.0. The van der Waals surface area contributed by atoms with E-state index in [0.29, 0.717) is 29.4 Å². The van der Waals surface area contributed by atoms with E-state index in [0.717, 1.165) is 18.5 Å². The van der Waals surface area contributed by atoms with Crippen molar-refractivity contribution in [3.8, 4) is 23.1 Å². The number of benzene rings is 2. The summed E-state index contributed by atoms with van der Waals surface area (Å²) in [7, 11) is 3.17. The Balaban J connectivity index is 0.000000310. The maximum Gasteiger partial charge on any atom is 0.349 e. The number of methoxy groups -OCH3 is 1. The normalized spacial score (nSPS) is 18.1. The molecule has 2 atom stereocenters. The molecule has 2 aliphatic heterocycles. The first-order valence-electron chi connectivity index (χ1n) is 14.1. The van der Waals surface area contributed by atoms with Crippen LogP contribution in [0.25, 0.3) is 33.0 Å². The number of hydrogen-bond donors (Lipinski definition) is 2. The number of anilines is 2. The van der Waals surface area contributed by atoms with Crippen LogP contribution in [0.1, 0.15) is 30.4 Å². The summed E-state index contributed by atoms with van der Waals surface area (Å²) in [4.78, 5) is 24.2. The van der Waals surface area contributed by atoms with Gasteiger partial charge in [0.15, 0.2) is 5.82 Å². The van der Waals surface area contributed by atoms with Crippen molar-refractivity contribution in [1.29, 1.82) is 0 Å². The molecule has 2 aliphatic rings. The molecular weight excluding hydrogens is 558 g/mol. The molecule has 0 aliphatic carbocycles. The Kier molecular flexibility index (Phi) is 7.47. The zero-order valence-corrected chi connectivity index (χ0v) is 24.3. The van der Waals surface area contributed by atoms with Gasteiger partial charge in [-0.05, 0) is 63.2 Å². The third kappa shape index (κ3) is 5.27. The fraction of sp³-hybridized carbons (Fsp3) is 0.355. The van der Waals surface area contributed by atoms with Gasteiger partial charge in [-0.3, -0.25) is 9.58 Å². The summed E-state index contributed by atoms with van der Waals surface area (Å²) in [5, 5.41) is 18.4. The molecule has 5 aromatic rings. The van der Waals surface area contributed by atoms with E-state index in [2.05, 4.69) is 25.3 Å². The zero-order valence-electron chi connectivity index (χ0n) is 24.3. The first-order chi connectivity index (χ1) is 20.6. The minimum atomic E-state index is -0.728. The van der Waals surface area contributed by atoms with Crippen molar-refractivity contribution in [3.05, 3.63) is 63.9 Å². The summed E-state index contributed by atoms with van der Waals surface area (Å²) in [5.41, 5.74) is 1.07. The molecule has 10 nitrogen and oxygen atoms in total. The van der Waals surface area contributed by atoms with Crippen molar-refractivity contribution in [2.45, 2.75) is 45.3 Å². The molecule has 0 spiro atoms. The predicted octanol–water partition coefficient (Wildman–Crippen LogP) is 5.54. The van der Waals surface area contributed by atoms with Gasteiger partial charge in [0.25, 0.3) is 0 Å². The number of nitrogens with zero attached hydrogens (tertiary/aromatic N) is 5. The molecule has 2 aromatic carbocycles. The molecule has 224 valence electrons. The SMILES string of the molecule is COc1nc(Nc2c(C)cnn2C)c2c(=O)oc(-c3cc(O)cc4cccc(F)c34)c(C)c2n1.FC1CC2CCCN2C1. The average molecular weight is 591 g/mol. The molecule has 3 aromatic heterocycles. The Morgan fingerprint density at radius 2 is 2.00 bits per heavy atom. The van der Waals surface area contributed by atoms with Crippen LogP contribution >= 0.6 is 0 Å². The van der Waals surface area contributed by atoms with Gasteiger partial charge < -0.3 is 19.6 Å². The number of phenolic OH excluding ortho intramolecular Hbond substituents is 1. The van der Waals surface area contributed by atoms with E-state index in [9.17, 15) is 18.7 Å². The first-order valence-corrected chi connectivity index (χ1v) is 14.1. The topological polar surface area (TPSA) is 119 Å². The minimum Gasteiger partial charge on any atom is -0.508 e. The molecule has 0 radical (unpaired) electrons. The van der Waals surface area contributed by atoms with E-state index in [1.807, 2.05) is 6.92 Å². The number of ether oxygens (including phenoxy) is 1. The fourth-order valence-electron chi connectivity index (χ4n) is 6.08. The van der Waals surface area contributed by atoms with Gasteiger partial charge in [-0.2, -0.15) is 15.1 Å². The highest BCUT2D eigenvalue weighted by Gasteiger charge is 2.34. The summed E-state index contributed by atoms with van der Waals surface area (Å²) >= 11 is 0. The van der Waals surface area contributed by atoms with Crippen LogP contribution in [0.4, 0.5) is 20.4 Å². The molecule has 2 N–H and O–H groups in total. The number of nitrogens with one attached hydrogen (secondary N) is 1. The maximum absolute atomic E-state index is 14.8. The second kappa shape index (κ2) is 11.3. The van der Waals surface area contributed by atoms with Crippen LogP contribution in [0.3, 0.4) is 0 Å². The van der Waals surface area contributed by atoms with Gasteiger partial charge in [-0.15, -0.1) is 0 Å². The third-order valence-electron chi connectivity index (χ3n) is 8.14. The Morgan fingerprint density at radius 1 is 1.19 bits per heavy atom. The van der Waals surface area contributed by atoms with E-state index in [1.54, 1.807) is 37.0 Å². The average Bonchev–Trinajstić information content (AvgIpc) is 3.65. The number of halogens is 2. The van der Waals surface area contributed by atoms with Crippen molar-refractivity contribution < 1.29 is 23.0 Å². The molecule has 0 amide bonds. The lowest BCUT2D eigenvalue weighted by molar-refractivity contribution is 0.292. The van der Waals surface area contributed by atoms with Gasteiger partial charge in [0, 0.05) is 41.7 Å². The van der Waals surface area contributed by atoms with Crippen molar-refractivity contribution in [3.63, 3.8) is 0 Å². The first kappa shape index (κ1) is 28.5. The van der Waals surface area contributed by atoms with Crippen LogP contribution in [0.5, 0.6) is 11.8 Å². The number of phenols is 1. The maximum atomic E-state index is 14.8. The van der Waals surface area contributed by atoms with E-state index in [4.69, 9.17) is 9.15 Å². The molecule has 2 fully saturated rings. The van der Waals surface area contributed by atoms with Crippen molar-refractivity contribution in [1.82, 2.24) is 24.6 Å². The lowest BCUT2D eigenvalue weighted by Gasteiger charge is -2.14. The predicted molar refractivity (Wildman–Crippen MR) is 159 cm³/mol. The lowest BCUT2D eigenvalue weighted by atomic mass is 9.98. The van der Waals surface area contributed by atoms with E-state index in [-0.39, 0.29) is 45.2 Å². The molecule has 43 heavy (non-hydrogen) atoms. The Labute approximate surface area is 245 Å². The number of hydrogen-bond acceptors (Lipinski definition) is 9. The second-order valence-electron chi connectivity index (χ2n) is 11.0. The summed E-state index contributed by atoms with van der Waals surface area (Å²) in [6.07, 6.45) is 4.49. The number of fused-ring (bicyclic) bond motifs is 3. The largest absolute Gasteiger partial charge is 0.508 e. The minimum absolute atomic E-state index is 0.0291. The van der Waals surface area contributed by atoms with Crippen LogP contribution in [-0.2, 0) is 7.05 Å².